The fourth-order valence-corrected chi connectivity index (χ4v) is 6.44. The van der Waals surface area contributed by atoms with Gasteiger partial charge in [-0.2, -0.15) is 4.98 Å². The number of hydrogen-bond donors (Lipinski definition) is 6. The van der Waals surface area contributed by atoms with Gasteiger partial charge in [-0.3, -0.25) is 29.2 Å². The average Bonchev–Trinajstić information content (AvgIpc) is 3.82. The van der Waals surface area contributed by atoms with Crippen LogP contribution in [0.5, 0.6) is 0 Å². The van der Waals surface area contributed by atoms with Gasteiger partial charge in [0.2, 0.25) is 0 Å². The molecule has 300 valence electrons. The summed E-state index contributed by atoms with van der Waals surface area (Å²) >= 11 is 0. The zero-order chi connectivity index (χ0) is 40.4. The highest BCUT2D eigenvalue weighted by molar-refractivity contribution is 6.07. The second-order valence-electron chi connectivity index (χ2n) is 13.9. The number of fused-ring (bicyclic) bond motifs is 2. The summed E-state index contributed by atoms with van der Waals surface area (Å²) in [6.45, 7) is 4.91. The Morgan fingerprint density at radius 2 is 1.28 bits per heavy atom. The van der Waals surface area contributed by atoms with Crippen LogP contribution >= 0.6 is 12.4 Å². The maximum atomic E-state index is 13.4. The van der Waals surface area contributed by atoms with Crippen molar-refractivity contribution in [2.75, 3.05) is 29.0 Å². The summed E-state index contributed by atoms with van der Waals surface area (Å²) in [5, 5.41) is 18.9. The number of nitrogens with zero attached hydrogens (tertiary/aromatic N) is 7. The van der Waals surface area contributed by atoms with Gasteiger partial charge in [0.05, 0.1) is 33.9 Å². The van der Waals surface area contributed by atoms with Crippen molar-refractivity contribution in [3.05, 3.63) is 98.0 Å². The first-order chi connectivity index (χ1) is 26.6. The zero-order valence-electron chi connectivity index (χ0n) is 32.5. The molecule has 1 aromatic carbocycles. The van der Waals surface area contributed by atoms with Crippen LogP contribution in [0.2, 0.25) is 0 Å². The van der Waals surface area contributed by atoms with Gasteiger partial charge in [0.15, 0.2) is 11.5 Å². The topological polar surface area (TPSA) is 234 Å². The quantitative estimate of drug-likeness (QED) is 0.0411. The fraction of sp³-hybridized carbons (Fsp3) is 0.316. The van der Waals surface area contributed by atoms with Crippen LogP contribution in [0.3, 0.4) is 0 Å². The molecule has 0 unspecified atom stereocenters. The highest BCUT2D eigenvalue weighted by atomic mass is 35.5. The lowest BCUT2D eigenvalue weighted by Crippen LogP contribution is -2.38. The smallest absolute Gasteiger partial charge is 0.352 e. The molecule has 18 nitrogen and oxygen atoms in total. The minimum absolute atomic E-state index is 0. The summed E-state index contributed by atoms with van der Waals surface area (Å²) in [4.78, 5) is 74.0. The predicted octanol–water partition coefficient (Wildman–Crippen LogP) is 3.10. The van der Waals surface area contributed by atoms with Gasteiger partial charge in [0, 0.05) is 72.8 Å². The molecule has 2 aliphatic rings. The van der Waals surface area contributed by atoms with Gasteiger partial charge in [-0.05, 0) is 68.1 Å². The minimum Gasteiger partial charge on any atom is -0.388 e. The number of rotatable bonds is 14. The molecule has 6 rings (SSSR count). The number of nitrogens with two attached hydrogens (primary N) is 1. The van der Waals surface area contributed by atoms with Gasteiger partial charge < -0.3 is 45.3 Å². The molecule has 5 heterocycles. The molecule has 0 bridgehead atoms. The first kappa shape index (κ1) is 41.5. The Hall–Kier alpha value is -6.69. The van der Waals surface area contributed by atoms with E-state index in [-0.39, 0.29) is 66.8 Å². The number of halogens is 1. The molecule has 0 radical (unpaired) electrons. The molecule has 4 aromatic rings. The SMILES string of the molecule is Cc1cc2nc3c(=O)n(CCCCNc4cc(C(=O)Nc5cc(C(=O)Nc6cc(C(=O)NCCC(=N)N)n(C)c6)n(C)c5)n(C)c4)c(=O)nc-3n(C)c2cc1C.Cl. The van der Waals surface area contributed by atoms with E-state index in [9.17, 15) is 24.0 Å². The van der Waals surface area contributed by atoms with Gasteiger partial charge in [-0.1, -0.05) is 0 Å². The number of benzene rings is 1. The molecular weight excluding hydrogens is 754 g/mol. The van der Waals surface area contributed by atoms with E-state index in [0.29, 0.717) is 53.4 Å². The minimum atomic E-state index is -0.615. The van der Waals surface area contributed by atoms with Crippen molar-refractivity contribution in [3.8, 4) is 11.5 Å². The van der Waals surface area contributed by atoms with E-state index in [1.165, 1.54) is 0 Å². The first-order valence-corrected chi connectivity index (χ1v) is 18.0. The van der Waals surface area contributed by atoms with Gasteiger partial charge in [-0.15, -0.1) is 12.4 Å². The Labute approximate surface area is 333 Å². The highest BCUT2D eigenvalue weighted by Crippen LogP contribution is 2.23. The van der Waals surface area contributed by atoms with E-state index in [0.717, 1.165) is 21.2 Å². The molecule has 3 amide bonds. The third-order valence-corrected chi connectivity index (χ3v) is 9.64. The van der Waals surface area contributed by atoms with Crippen LogP contribution in [-0.2, 0) is 34.7 Å². The van der Waals surface area contributed by atoms with Gasteiger partial charge >= 0.3 is 5.69 Å². The van der Waals surface area contributed by atoms with E-state index < -0.39 is 17.2 Å². The number of aromatic nitrogens is 7. The normalized spacial score (nSPS) is 11.1. The van der Waals surface area contributed by atoms with Crippen LogP contribution < -0.4 is 38.2 Å². The second kappa shape index (κ2) is 17.0. The Morgan fingerprint density at radius 1 is 0.737 bits per heavy atom. The van der Waals surface area contributed by atoms with Crippen LogP contribution in [0, 0.1) is 19.3 Å². The summed E-state index contributed by atoms with van der Waals surface area (Å²) in [7, 11) is 6.88. The molecule has 0 fully saturated rings. The van der Waals surface area contributed by atoms with E-state index >= 15 is 0 Å². The van der Waals surface area contributed by atoms with Crippen LogP contribution in [0.15, 0.2) is 58.5 Å². The molecule has 57 heavy (non-hydrogen) atoms. The van der Waals surface area contributed by atoms with E-state index in [2.05, 4.69) is 31.2 Å². The lowest BCUT2D eigenvalue weighted by atomic mass is 10.1. The Bertz CT molecular complexity index is 2610. The molecule has 7 N–H and O–H groups in total. The van der Waals surface area contributed by atoms with Crippen molar-refractivity contribution in [2.24, 2.45) is 33.9 Å². The predicted molar refractivity (Wildman–Crippen MR) is 221 cm³/mol. The summed E-state index contributed by atoms with van der Waals surface area (Å²) in [6.07, 6.45) is 6.40. The Morgan fingerprint density at radius 3 is 1.88 bits per heavy atom. The molecule has 3 aromatic heterocycles. The van der Waals surface area contributed by atoms with Crippen LogP contribution in [0.4, 0.5) is 17.1 Å². The number of nitrogens with one attached hydrogen (secondary N) is 5. The number of amides is 3. The van der Waals surface area contributed by atoms with Crippen molar-refractivity contribution in [1.82, 2.24) is 38.1 Å². The number of amidine groups is 1. The standard InChI is InChI=1S/C38H45N13O5.ClH/c1-21-13-26-27(14-22(21)2)50(6)33-32(45-26)37(55)51(38(56)46-33)12-8-7-10-41-23-15-29(47(3)18-23)35(53)44-25-17-30(49(5)20-25)36(54)43-24-16-28(48(4)19-24)34(52)42-11-9-31(39)40;/h13-20,41H,7-12H2,1-6H3,(H3,39,40)(H,42,52)(H,43,54)(H,44,53);1H. The van der Waals surface area contributed by atoms with Crippen molar-refractivity contribution >= 4 is 64.1 Å². The van der Waals surface area contributed by atoms with Gasteiger partial charge in [0.25, 0.3) is 23.3 Å². The highest BCUT2D eigenvalue weighted by Gasteiger charge is 2.21. The lowest BCUT2D eigenvalue weighted by Gasteiger charge is -2.15. The largest absolute Gasteiger partial charge is 0.388 e. The van der Waals surface area contributed by atoms with Crippen molar-refractivity contribution in [3.63, 3.8) is 0 Å². The van der Waals surface area contributed by atoms with Crippen LogP contribution in [-0.4, -0.2) is 69.5 Å². The number of carbonyl (C=O) groups excluding carboxylic acids is 3. The average molecular weight is 800 g/mol. The maximum absolute atomic E-state index is 13.4. The molecular formula is C38H46ClN13O5. The molecule has 0 spiro atoms. The molecule has 0 saturated carbocycles. The van der Waals surface area contributed by atoms with E-state index in [1.54, 1.807) is 83.2 Å². The summed E-state index contributed by atoms with van der Waals surface area (Å²) in [5.74, 6) is -0.966. The first-order valence-electron chi connectivity index (χ1n) is 18.0. The summed E-state index contributed by atoms with van der Waals surface area (Å²) in [5.41, 5.74) is 10.5. The third kappa shape index (κ3) is 8.91. The summed E-state index contributed by atoms with van der Waals surface area (Å²) < 4.78 is 7.71. The fourth-order valence-electron chi connectivity index (χ4n) is 6.44. The maximum Gasteiger partial charge on any atom is 0.352 e. The number of anilines is 3. The Balaban J connectivity index is 0.00000620. The van der Waals surface area contributed by atoms with Crippen molar-refractivity contribution in [1.29, 1.82) is 5.41 Å². The number of aryl methyl sites for hydroxylation is 6. The third-order valence-electron chi connectivity index (χ3n) is 9.64. The zero-order valence-corrected chi connectivity index (χ0v) is 33.3. The number of unbranched alkanes of at least 4 members (excludes halogenated alkanes) is 1. The number of hydrogen-bond acceptors (Lipinski definition) is 9. The molecule has 0 saturated heterocycles. The molecule has 0 atom stereocenters. The second-order valence-corrected chi connectivity index (χ2v) is 13.9. The van der Waals surface area contributed by atoms with E-state index in [4.69, 9.17) is 11.1 Å². The Kier molecular flexibility index (Phi) is 12.4. The van der Waals surface area contributed by atoms with Crippen LogP contribution in [0.1, 0.15) is 61.9 Å². The number of carbonyl (C=O) groups is 3. The van der Waals surface area contributed by atoms with Crippen LogP contribution in [0.25, 0.3) is 22.6 Å². The summed E-state index contributed by atoms with van der Waals surface area (Å²) in [6, 6.07) is 8.71. The molecule has 0 aliphatic carbocycles. The molecule has 2 aliphatic heterocycles. The van der Waals surface area contributed by atoms with Crippen molar-refractivity contribution in [2.45, 2.75) is 39.7 Å². The van der Waals surface area contributed by atoms with Crippen molar-refractivity contribution < 1.29 is 14.4 Å². The van der Waals surface area contributed by atoms with E-state index in [1.807, 2.05) is 26.0 Å². The van der Waals surface area contributed by atoms with Gasteiger partial charge in [-0.25, -0.2) is 9.78 Å². The molecule has 19 heteroatoms. The monoisotopic (exact) mass is 799 g/mol. The lowest BCUT2D eigenvalue weighted by molar-refractivity contribution is 0.0944. The van der Waals surface area contributed by atoms with Gasteiger partial charge in [0.1, 0.15) is 17.1 Å².